The highest BCUT2D eigenvalue weighted by Crippen LogP contribution is 1.81. The van der Waals surface area contributed by atoms with Crippen LogP contribution in [0, 0.1) is 10.8 Å². The maximum Gasteiger partial charge on any atom is 0.195 e. The van der Waals surface area contributed by atoms with Crippen molar-refractivity contribution < 1.29 is 0 Å². The summed E-state index contributed by atoms with van der Waals surface area (Å²) in [6.07, 6.45) is 1.85. The van der Waals surface area contributed by atoms with Gasteiger partial charge in [-0.3, -0.25) is 16.1 Å². The maximum absolute atomic E-state index is 7.18. The Bertz CT molecular complexity index is 154. The van der Waals surface area contributed by atoms with Gasteiger partial charge in [0.25, 0.3) is 0 Å². The Balaban J connectivity index is 3.26. The summed E-state index contributed by atoms with van der Waals surface area (Å²) < 4.78 is 0. The molecule has 0 aliphatic rings. The second-order valence-corrected chi connectivity index (χ2v) is 2.34. The standard InChI is InChI=1S/C6H16N6/c7-3-1-2-4-11-6(10)12-5(8)9/h1-4,7H2,(H6,8,9,10,11,12). The number of unbranched alkanes of at least 4 members (excludes halogenated alkanes) is 1. The molecule has 6 nitrogen and oxygen atoms in total. The summed E-state index contributed by atoms with van der Waals surface area (Å²) in [5.41, 5.74) is 10.3. The first-order chi connectivity index (χ1) is 5.66. The van der Waals surface area contributed by atoms with E-state index in [1.807, 2.05) is 0 Å². The SMILES string of the molecule is N=C(N)NC(=N)NCCCCN. The van der Waals surface area contributed by atoms with Crippen molar-refractivity contribution in [3.63, 3.8) is 0 Å². The van der Waals surface area contributed by atoms with Gasteiger partial charge < -0.3 is 16.8 Å². The smallest absolute Gasteiger partial charge is 0.195 e. The number of hydrogen-bond acceptors (Lipinski definition) is 3. The number of hydrogen-bond donors (Lipinski definition) is 6. The first-order valence-electron chi connectivity index (χ1n) is 3.80. The molecule has 0 aromatic carbocycles. The van der Waals surface area contributed by atoms with Crippen molar-refractivity contribution in [3.8, 4) is 0 Å². The van der Waals surface area contributed by atoms with Crippen LogP contribution in [0.2, 0.25) is 0 Å². The lowest BCUT2D eigenvalue weighted by Crippen LogP contribution is -2.43. The number of rotatable bonds is 4. The molecule has 0 bridgehead atoms. The molecular weight excluding hydrogens is 156 g/mol. The predicted octanol–water partition coefficient (Wildman–Crippen LogP) is -1.27. The van der Waals surface area contributed by atoms with E-state index < -0.39 is 0 Å². The molecule has 0 aliphatic heterocycles. The summed E-state index contributed by atoms with van der Waals surface area (Å²) >= 11 is 0. The van der Waals surface area contributed by atoms with E-state index in [-0.39, 0.29) is 11.9 Å². The summed E-state index contributed by atoms with van der Waals surface area (Å²) in [4.78, 5) is 0. The van der Waals surface area contributed by atoms with E-state index in [1.165, 1.54) is 0 Å². The molecule has 0 aromatic heterocycles. The van der Waals surface area contributed by atoms with Gasteiger partial charge in [0.2, 0.25) is 0 Å². The van der Waals surface area contributed by atoms with Crippen LogP contribution >= 0.6 is 0 Å². The fourth-order valence-electron chi connectivity index (χ4n) is 0.662. The molecule has 0 fully saturated rings. The van der Waals surface area contributed by atoms with E-state index in [4.69, 9.17) is 22.3 Å². The molecule has 0 radical (unpaired) electrons. The van der Waals surface area contributed by atoms with E-state index in [1.54, 1.807) is 0 Å². The third kappa shape index (κ3) is 6.81. The molecule has 12 heavy (non-hydrogen) atoms. The molecule has 0 heterocycles. The van der Waals surface area contributed by atoms with Crippen LogP contribution in [0.1, 0.15) is 12.8 Å². The number of nitrogens with two attached hydrogens (primary N) is 2. The predicted molar refractivity (Wildman–Crippen MR) is 49.1 cm³/mol. The lowest BCUT2D eigenvalue weighted by Gasteiger charge is -2.07. The topological polar surface area (TPSA) is 124 Å². The van der Waals surface area contributed by atoms with Gasteiger partial charge in [0.1, 0.15) is 0 Å². The van der Waals surface area contributed by atoms with Gasteiger partial charge in [-0.15, -0.1) is 0 Å². The summed E-state index contributed by atoms with van der Waals surface area (Å²) in [6.45, 7) is 1.34. The van der Waals surface area contributed by atoms with E-state index >= 15 is 0 Å². The monoisotopic (exact) mass is 172 g/mol. The molecule has 0 saturated heterocycles. The molecule has 0 amide bonds. The molecule has 0 unspecified atom stereocenters. The average molecular weight is 172 g/mol. The van der Waals surface area contributed by atoms with E-state index in [0.29, 0.717) is 13.1 Å². The first-order valence-corrected chi connectivity index (χ1v) is 3.80. The van der Waals surface area contributed by atoms with Crippen LogP contribution in [-0.4, -0.2) is 25.0 Å². The third-order valence-electron chi connectivity index (χ3n) is 1.19. The molecular formula is C6H16N6. The fraction of sp³-hybridized carbons (Fsp3) is 0.667. The van der Waals surface area contributed by atoms with Gasteiger partial charge in [0.05, 0.1) is 0 Å². The van der Waals surface area contributed by atoms with Crippen molar-refractivity contribution in [2.45, 2.75) is 12.8 Å². The molecule has 0 rings (SSSR count). The normalized spacial score (nSPS) is 9.08. The van der Waals surface area contributed by atoms with Crippen LogP contribution in [0.25, 0.3) is 0 Å². The van der Waals surface area contributed by atoms with Crippen LogP contribution in [0.5, 0.6) is 0 Å². The summed E-state index contributed by atoms with van der Waals surface area (Å²) in [6, 6.07) is 0. The summed E-state index contributed by atoms with van der Waals surface area (Å²) in [7, 11) is 0. The minimum absolute atomic E-state index is 0.0551. The number of nitrogens with one attached hydrogen (secondary N) is 4. The molecule has 0 spiro atoms. The second kappa shape index (κ2) is 6.41. The van der Waals surface area contributed by atoms with Crippen molar-refractivity contribution in [2.24, 2.45) is 11.5 Å². The molecule has 70 valence electrons. The largest absolute Gasteiger partial charge is 0.370 e. The zero-order chi connectivity index (χ0) is 9.40. The summed E-state index contributed by atoms with van der Waals surface area (Å²) in [5, 5.41) is 19.1. The number of guanidine groups is 2. The third-order valence-corrected chi connectivity index (χ3v) is 1.19. The Hall–Kier alpha value is -1.30. The fourth-order valence-corrected chi connectivity index (χ4v) is 0.662. The van der Waals surface area contributed by atoms with Gasteiger partial charge in [-0.2, -0.15) is 0 Å². The Morgan fingerprint density at radius 2 is 1.92 bits per heavy atom. The molecule has 0 atom stereocenters. The van der Waals surface area contributed by atoms with Crippen molar-refractivity contribution in [3.05, 3.63) is 0 Å². The van der Waals surface area contributed by atoms with Crippen molar-refractivity contribution in [1.29, 1.82) is 10.8 Å². The van der Waals surface area contributed by atoms with Crippen LogP contribution in [-0.2, 0) is 0 Å². The van der Waals surface area contributed by atoms with Crippen LogP contribution in [0.4, 0.5) is 0 Å². The van der Waals surface area contributed by atoms with Crippen molar-refractivity contribution in [1.82, 2.24) is 10.6 Å². The highest BCUT2D eigenvalue weighted by Gasteiger charge is 1.94. The van der Waals surface area contributed by atoms with Crippen molar-refractivity contribution >= 4 is 11.9 Å². The lowest BCUT2D eigenvalue weighted by molar-refractivity contribution is 0.710. The Kier molecular flexibility index (Phi) is 5.72. The van der Waals surface area contributed by atoms with Crippen molar-refractivity contribution in [2.75, 3.05) is 13.1 Å². The van der Waals surface area contributed by atoms with E-state index in [0.717, 1.165) is 12.8 Å². The Labute approximate surface area is 71.7 Å². The van der Waals surface area contributed by atoms with Crippen LogP contribution < -0.4 is 22.1 Å². The van der Waals surface area contributed by atoms with Crippen LogP contribution in [0.3, 0.4) is 0 Å². The first kappa shape index (κ1) is 10.7. The minimum atomic E-state index is -0.230. The summed E-state index contributed by atoms with van der Waals surface area (Å²) in [5.74, 6) is -0.175. The highest BCUT2D eigenvalue weighted by molar-refractivity contribution is 5.94. The van der Waals surface area contributed by atoms with Gasteiger partial charge >= 0.3 is 0 Å². The Morgan fingerprint density at radius 3 is 2.42 bits per heavy atom. The quantitative estimate of drug-likeness (QED) is 0.180. The molecule has 8 N–H and O–H groups in total. The molecule has 0 saturated carbocycles. The van der Waals surface area contributed by atoms with Gasteiger partial charge in [-0.05, 0) is 19.4 Å². The zero-order valence-corrected chi connectivity index (χ0v) is 6.98. The lowest BCUT2D eigenvalue weighted by atomic mass is 10.3. The minimum Gasteiger partial charge on any atom is -0.370 e. The van der Waals surface area contributed by atoms with Gasteiger partial charge in [0.15, 0.2) is 11.9 Å². The Morgan fingerprint density at radius 1 is 1.25 bits per heavy atom. The van der Waals surface area contributed by atoms with E-state index in [9.17, 15) is 0 Å². The molecule has 6 heteroatoms. The van der Waals surface area contributed by atoms with Crippen LogP contribution in [0.15, 0.2) is 0 Å². The highest BCUT2D eigenvalue weighted by atomic mass is 15.2. The maximum atomic E-state index is 7.18. The van der Waals surface area contributed by atoms with E-state index in [2.05, 4.69) is 10.6 Å². The zero-order valence-electron chi connectivity index (χ0n) is 6.98. The van der Waals surface area contributed by atoms with Gasteiger partial charge in [-0.25, -0.2) is 0 Å². The molecule has 0 aromatic rings. The van der Waals surface area contributed by atoms with Gasteiger partial charge in [0, 0.05) is 6.54 Å². The molecule has 0 aliphatic carbocycles. The average Bonchev–Trinajstić information content (AvgIpc) is 1.97. The second-order valence-electron chi connectivity index (χ2n) is 2.34. The van der Waals surface area contributed by atoms with Gasteiger partial charge in [-0.1, -0.05) is 0 Å².